The molecule has 1 heterocycles. The van der Waals surface area contributed by atoms with Crippen molar-refractivity contribution in [1.82, 2.24) is 5.32 Å². The van der Waals surface area contributed by atoms with Gasteiger partial charge in [-0.1, -0.05) is 6.07 Å². The number of hydrogen-bond acceptors (Lipinski definition) is 3. The third-order valence-electron chi connectivity index (χ3n) is 2.80. The van der Waals surface area contributed by atoms with E-state index in [4.69, 9.17) is 4.74 Å². The Morgan fingerprint density at radius 2 is 2.36 bits per heavy atom. The lowest BCUT2D eigenvalue weighted by Gasteiger charge is -2.17. The number of benzene rings is 1. The summed E-state index contributed by atoms with van der Waals surface area (Å²) >= 11 is 0. The molecule has 1 aromatic carbocycles. The fraction of sp³-hybridized carbons (Fsp3) is 0.455. The maximum absolute atomic E-state index is 9.60. The predicted octanol–water partition coefficient (Wildman–Crippen LogP) is 1.30. The normalized spacial score (nSPS) is 21.4. The zero-order valence-corrected chi connectivity index (χ0v) is 8.45. The van der Waals surface area contributed by atoms with E-state index in [1.165, 1.54) is 0 Å². The molecule has 0 aromatic heterocycles. The van der Waals surface area contributed by atoms with Crippen molar-refractivity contribution in [2.75, 3.05) is 7.05 Å². The molecule has 2 unspecified atom stereocenters. The van der Waals surface area contributed by atoms with E-state index in [1.54, 1.807) is 12.1 Å². The van der Waals surface area contributed by atoms with E-state index < -0.39 is 0 Å². The van der Waals surface area contributed by atoms with Crippen LogP contribution in [-0.2, 0) is 6.42 Å². The number of aromatic hydroxyl groups is 1. The van der Waals surface area contributed by atoms with Gasteiger partial charge in [0.2, 0.25) is 0 Å². The van der Waals surface area contributed by atoms with Crippen molar-refractivity contribution in [2.45, 2.75) is 25.5 Å². The standard InChI is InChI=1S/C11H15NO2/c1-7(12-2)11-6-8-9(13)4-3-5-10(8)14-11/h3-5,7,11-13H,6H2,1-2H3. The molecule has 76 valence electrons. The van der Waals surface area contributed by atoms with Gasteiger partial charge in [-0.3, -0.25) is 0 Å². The summed E-state index contributed by atoms with van der Waals surface area (Å²) in [5, 5.41) is 12.8. The van der Waals surface area contributed by atoms with Crippen LogP contribution in [0.15, 0.2) is 18.2 Å². The highest BCUT2D eigenvalue weighted by molar-refractivity contribution is 5.47. The Labute approximate surface area is 83.7 Å². The zero-order valence-electron chi connectivity index (χ0n) is 8.45. The van der Waals surface area contributed by atoms with E-state index in [9.17, 15) is 5.11 Å². The maximum atomic E-state index is 9.60. The molecular weight excluding hydrogens is 178 g/mol. The Balaban J connectivity index is 2.22. The lowest BCUT2D eigenvalue weighted by molar-refractivity contribution is 0.191. The van der Waals surface area contributed by atoms with E-state index in [2.05, 4.69) is 12.2 Å². The molecule has 0 bridgehead atoms. The van der Waals surface area contributed by atoms with Gasteiger partial charge in [-0.2, -0.15) is 0 Å². The number of nitrogens with one attached hydrogen (secondary N) is 1. The number of phenolic OH excluding ortho intramolecular Hbond substituents is 1. The molecule has 14 heavy (non-hydrogen) atoms. The van der Waals surface area contributed by atoms with Crippen LogP contribution in [0, 0.1) is 0 Å². The van der Waals surface area contributed by atoms with Gasteiger partial charge >= 0.3 is 0 Å². The molecule has 0 radical (unpaired) electrons. The van der Waals surface area contributed by atoms with Crippen LogP contribution in [0.2, 0.25) is 0 Å². The molecule has 0 aliphatic carbocycles. The number of rotatable bonds is 2. The van der Waals surface area contributed by atoms with Crippen molar-refractivity contribution in [2.24, 2.45) is 0 Å². The minimum Gasteiger partial charge on any atom is -0.508 e. The highest BCUT2D eigenvalue weighted by atomic mass is 16.5. The minimum absolute atomic E-state index is 0.128. The van der Waals surface area contributed by atoms with Gasteiger partial charge in [0, 0.05) is 18.0 Å². The van der Waals surface area contributed by atoms with Crippen molar-refractivity contribution >= 4 is 0 Å². The number of fused-ring (bicyclic) bond motifs is 1. The fourth-order valence-corrected chi connectivity index (χ4v) is 1.74. The number of ether oxygens (including phenoxy) is 1. The third kappa shape index (κ3) is 1.44. The van der Waals surface area contributed by atoms with Crippen molar-refractivity contribution in [3.8, 4) is 11.5 Å². The van der Waals surface area contributed by atoms with Crippen LogP contribution in [0.1, 0.15) is 12.5 Å². The van der Waals surface area contributed by atoms with E-state index >= 15 is 0 Å². The number of likely N-dealkylation sites (N-methyl/N-ethyl adjacent to an activating group) is 1. The average molecular weight is 193 g/mol. The Bertz CT molecular complexity index is 338. The molecule has 0 fully saturated rings. The molecule has 2 N–H and O–H groups in total. The third-order valence-corrected chi connectivity index (χ3v) is 2.80. The summed E-state index contributed by atoms with van der Waals surface area (Å²) in [6.45, 7) is 2.08. The highest BCUT2D eigenvalue weighted by Gasteiger charge is 2.28. The molecule has 3 nitrogen and oxygen atoms in total. The summed E-state index contributed by atoms with van der Waals surface area (Å²) in [5.41, 5.74) is 0.930. The lowest BCUT2D eigenvalue weighted by atomic mass is 10.1. The van der Waals surface area contributed by atoms with Crippen LogP contribution in [0.4, 0.5) is 0 Å². The van der Waals surface area contributed by atoms with E-state index in [1.807, 2.05) is 13.1 Å². The zero-order chi connectivity index (χ0) is 10.1. The van der Waals surface area contributed by atoms with Gasteiger partial charge in [0.25, 0.3) is 0 Å². The largest absolute Gasteiger partial charge is 0.508 e. The highest BCUT2D eigenvalue weighted by Crippen LogP contribution is 2.35. The summed E-state index contributed by atoms with van der Waals surface area (Å²) in [6, 6.07) is 5.70. The SMILES string of the molecule is CNC(C)C1Cc2c(O)cccc2O1. The van der Waals surface area contributed by atoms with Crippen molar-refractivity contribution in [3.05, 3.63) is 23.8 Å². The van der Waals surface area contributed by atoms with Gasteiger partial charge < -0.3 is 15.2 Å². The molecule has 2 atom stereocenters. The van der Waals surface area contributed by atoms with Crippen LogP contribution in [0.25, 0.3) is 0 Å². The molecule has 3 heteroatoms. The summed E-state index contributed by atoms with van der Waals surface area (Å²) < 4.78 is 5.72. The topological polar surface area (TPSA) is 41.5 Å². The minimum atomic E-state index is 0.128. The number of hydrogen-bond donors (Lipinski definition) is 2. The molecule has 1 aromatic rings. The molecular formula is C11H15NO2. The maximum Gasteiger partial charge on any atom is 0.126 e. The van der Waals surface area contributed by atoms with Crippen molar-refractivity contribution in [3.63, 3.8) is 0 Å². The Morgan fingerprint density at radius 3 is 3.00 bits per heavy atom. The molecule has 2 rings (SSSR count). The van der Waals surface area contributed by atoms with Crippen LogP contribution >= 0.6 is 0 Å². The van der Waals surface area contributed by atoms with Gasteiger partial charge in [-0.25, -0.2) is 0 Å². The van der Waals surface area contributed by atoms with Gasteiger partial charge in [0.1, 0.15) is 17.6 Å². The Kier molecular flexibility index (Phi) is 2.33. The van der Waals surface area contributed by atoms with Crippen molar-refractivity contribution in [1.29, 1.82) is 0 Å². The molecule has 0 saturated carbocycles. The van der Waals surface area contributed by atoms with Crippen LogP contribution in [0.3, 0.4) is 0 Å². The summed E-state index contributed by atoms with van der Waals surface area (Å²) in [4.78, 5) is 0. The summed E-state index contributed by atoms with van der Waals surface area (Å²) in [6.07, 6.45) is 0.910. The monoisotopic (exact) mass is 193 g/mol. The Hall–Kier alpha value is -1.22. The molecule has 0 spiro atoms. The average Bonchev–Trinajstić information content (AvgIpc) is 2.62. The first kappa shape index (κ1) is 9.34. The summed E-state index contributed by atoms with van der Waals surface area (Å²) in [5.74, 6) is 1.16. The van der Waals surface area contributed by atoms with Crippen LogP contribution < -0.4 is 10.1 Å². The first-order chi connectivity index (χ1) is 6.72. The predicted molar refractivity (Wildman–Crippen MR) is 54.7 cm³/mol. The van der Waals surface area contributed by atoms with Crippen LogP contribution in [-0.4, -0.2) is 24.3 Å². The lowest BCUT2D eigenvalue weighted by Crippen LogP contribution is -2.37. The first-order valence-electron chi connectivity index (χ1n) is 4.87. The van der Waals surface area contributed by atoms with Crippen LogP contribution in [0.5, 0.6) is 11.5 Å². The van der Waals surface area contributed by atoms with Gasteiger partial charge in [-0.15, -0.1) is 0 Å². The second-order valence-corrected chi connectivity index (χ2v) is 3.69. The second kappa shape index (κ2) is 3.50. The fourth-order valence-electron chi connectivity index (χ4n) is 1.74. The van der Waals surface area contributed by atoms with E-state index in [0.29, 0.717) is 11.8 Å². The summed E-state index contributed by atoms with van der Waals surface area (Å²) in [7, 11) is 1.91. The van der Waals surface area contributed by atoms with Crippen molar-refractivity contribution < 1.29 is 9.84 Å². The molecule has 1 aliphatic rings. The van der Waals surface area contributed by atoms with Gasteiger partial charge in [0.15, 0.2) is 0 Å². The van der Waals surface area contributed by atoms with Gasteiger partial charge in [-0.05, 0) is 26.1 Å². The van der Waals surface area contributed by atoms with E-state index in [0.717, 1.165) is 17.7 Å². The quantitative estimate of drug-likeness (QED) is 0.744. The Morgan fingerprint density at radius 1 is 1.57 bits per heavy atom. The molecule has 0 amide bonds. The second-order valence-electron chi connectivity index (χ2n) is 3.69. The molecule has 1 aliphatic heterocycles. The van der Waals surface area contributed by atoms with Gasteiger partial charge in [0.05, 0.1) is 0 Å². The smallest absolute Gasteiger partial charge is 0.126 e. The number of phenols is 1. The van der Waals surface area contributed by atoms with E-state index in [-0.39, 0.29) is 6.10 Å². The first-order valence-corrected chi connectivity index (χ1v) is 4.87. The molecule has 0 saturated heterocycles.